The van der Waals surface area contributed by atoms with Crippen LogP contribution in [0.4, 0.5) is 5.69 Å². The van der Waals surface area contributed by atoms with Crippen LogP contribution in [0.15, 0.2) is 53.7 Å². The van der Waals surface area contributed by atoms with E-state index in [1.54, 1.807) is 53.1 Å². The number of thioether (sulfide) groups is 1. The molecule has 0 unspecified atom stereocenters. The fourth-order valence-corrected chi connectivity index (χ4v) is 3.25. The number of carbonyl (C=O) groups is 2. The highest BCUT2D eigenvalue weighted by atomic mass is 35.5. The summed E-state index contributed by atoms with van der Waals surface area (Å²) in [7, 11) is 1.82. The molecule has 0 bridgehead atoms. The van der Waals surface area contributed by atoms with Gasteiger partial charge in [-0.05, 0) is 55.5 Å². The highest BCUT2D eigenvalue weighted by molar-refractivity contribution is 7.99. The quantitative estimate of drug-likeness (QED) is 0.429. The first-order chi connectivity index (χ1) is 13.9. The number of nitrogens with zero attached hydrogens (tertiary/aromatic N) is 3. The van der Waals surface area contributed by atoms with Gasteiger partial charge in [-0.3, -0.25) is 9.59 Å². The Hall–Kier alpha value is -2.84. The molecule has 1 amide bonds. The lowest BCUT2D eigenvalue weighted by Crippen LogP contribution is -2.14. The molecule has 3 rings (SSSR count). The molecule has 150 valence electrons. The maximum Gasteiger partial charge on any atom is 0.234 e. The molecule has 0 atom stereocenters. The summed E-state index contributed by atoms with van der Waals surface area (Å²) in [5.74, 6) is 1.31. The molecule has 0 aliphatic rings. The molecule has 0 aliphatic heterocycles. The van der Waals surface area contributed by atoms with E-state index in [1.807, 2.05) is 7.05 Å². The summed E-state index contributed by atoms with van der Waals surface area (Å²) in [6.45, 7) is 1.75. The van der Waals surface area contributed by atoms with Crippen LogP contribution in [0.5, 0.6) is 5.75 Å². The average Bonchev–Trinajstić information content (AvgIpc) is 3.06. The van der Waals surface area contributed by atoms with E-state index >= 15 is 0 Å². The third kappa shape index (κ3) is 5.82. The summed E-state index contributed by atoms with van der Waals surface area (Å²) >= 11 is 7.13. The zero-order chi connectivity index (χ0) is 20.8. The molecule has 0 saturated heterocycles. The van der Waals surface area contributed by atoms with Crippen LogP contribution < -0.4 is 10.1 Å². The van der Waals surface area contributed by atoms with Crippen molar-refractivity contribution in [3.05, 3.63) is 64.9 Å². The highest BCUT2D eigenvalue weighted by Crippen LogP contribution is 2.19. The number of hydrogen-bond acceptors (Lipinski definition) is 6. The second-order valence-corrected chi connectivity index (χ2v) is 7.55. The van der Waals surface area contributed by atoms with Gasteiger partial charge in [0.1, 0.15) is 12.4 Å². The largest absolute Gasteiger partial charge is 0.486 e. The Labute approximate surface area is 177 Å². The molecule has 0 fully saturated rings. The predicted molar refractivity (Wildman–Crippen MR) is 113 cm³/mol. The van der Waals surface area contributed by atoms with Crippen molar-refractivity contribution in [3.8, 4) is 5.75 Å². The molecule has 0 aliphatic carbocycles. The minimum Gasteiger partial charge on any atom is -0.486 e. The molecule has 1 N–H and O–H groups in total. The van der Waals surface area contributed by atoms with Gasteiger partial charge in [0.25, 0.3) is 0 Å². The van der Waals surface area contributed by atoms with Gasteiger partial charge in [-0.15, -0.1) is 10.2 Å². The first-order valence-electron chi connectivity index (χ1n) is 8.72. The number of Topliss-reactive ketones (excluding diaryl/α,β-unsaturated/α-hetero) is 1. The molecule has 29 heavy (non-hydrogen) atoms. The Balaban J connectivity index is 1.50. The van der Waals surface area contributed by atoms with Crippen LogP contribution in [-0.2, 0) is 18.4 Å². The minimum atomic E-state index is -0.174. The van der Waals surface area contributed by atoms with Gasteiger partial charge in [0.15, 0.2) is 16.8 Å². The second kappa shape index (κ2) is 9.58. The Bertz CT molecular complexity index is 1000. The molecule has 0 radical (unpaired) electrons. The number of hydrogen-bond donors (Lipinski definition) is 1. The van der Waals surface area contributed by atoms with Gasteiger partial charge in [0.2, 0.25) is 5.91 Å². The first kappa shape index (κ1) is 20.9. The van der Waals surface area contributed by atoms with Gasteiger partial charge in [0.05, 0.1) is 5.75 Å². The number of halogens is 1. The molecule has 0 spiro atoms. The van der Waals surface area contributed by atoms with E-state index in [4.69, 9.17) is 16.3 Å². The summed E-state index contributed by atoms with van der Waals surface area (Å²) in [6.07, 6.45) is 0. The van der Waals surface area contributed by atoms with Crippen molar-refractivity contribution in [1.29, 1.82) is 0 Å². The van der Waals surface area contributed by atoms with Crippen molar-refractivity contribution < 1.29 is 14.3 Å². The van der Waals surface area contributed by atoms with Crippen LogP contribution in [0, 0.1) is 0 Å². The molecule has 0 saturated carbocycles. The Kier molecular flexibility index (Phi) is 6.90. The van der Waals surface area contributed by atoms with Gasteiger partial charge in [-0.25, -0.2) is 0 Å². The van der Waals surface area contributed by atoms with Crippen molar-refractivity contribution in [2.75, 3.05) is 11.1 Å². The molecule has 7 nitrogen and oxygen atoms in total. The molecule has 2 aromatic carbocycles. The number of anilines is 1. The standard InChI is InChI=1S/C20H19ClN4O3S/c1-13(26)14-3-7-16(8-4-14)22-19(27)12-29-20-24-23-18(25(20)2)11-28-17-9-5-15(21)6-10-17/h3-10H,11-12H2,1-2H3,(H,22,27). The van der Waals surface area contributed by atoms with Crippen LogP contribution in [-0.4, -0.2) is 32.2 Å². The van der Waals surface area contributed by atoms with Crippen molar-refractivity contribution in [3.63, 3.8) is 0 Å². The fourth-order valence-electron chi connectivity index (χ4n) is 2.39. The summed E-state index contributed by atoms with van der Waals surface area (Å²) in [4.78, 5) is 23.5. The van der Waals surface area contributed by atoms with Crippen molar-refractivity contribution in [2.24, 2.45) is 7.05 Å². The number of amides is 1. The molecular formula is C20H19ClN4O3S. The lowest BCUT2D eigenvalue weighted by Gasteiger charge is -2.07. The van der Waals surface area contributed by atoms with Crippen LogP contribution in [0.25, 0.3) is 0 Å². The van der Waals surface area contributed by atoms with E-state index in [0.717, 1.165) is 0 Å². The Morgan fingerprint density at radius 2 is 1.79 bits per heavy atom. The Morgan fingerprint density at radius 1 is 1.10 bits per heavy atom. The van der Waals surface area contributed by atoms with Gasteiger partial charge in [0, 0.05) is 23.3 Å². The molecule has 1 heterocycles. The second-order valence-electron chi connectivity index (χ2n) is 6.17. The number of carbonyl (C=O) groups excluding carboxylic acids is 2. The van der Waals surface area contributed by atoms with Gasteiger partial charge >= 0.3 is 0 Å². The van der Waals surface area contributed by atoms with Crippen molar-refractivity contribution >= 4 is 40.7 Å². The topological polar surface area (TPSA) is 86.1 Å². The van der Waals surface area contributed by atoms with Gasteiger partial charge in [-0.2, -0.15) is 0 Å². The number of ether oxygens (including phenoxy) is 1. The van der Waals surface area contributed by atoms with Crippen LogP contribution >= 0.6 is 23.4 Å². The average molecular weight is 431 g/mol. The normalized spacial score (nSPS) is 10.6. The lowest BCUT2D eigenvalue weighted by atomic mass is 10.1. The van der Waals surface area contributed by atoms with E-state index in [9.17, 15) is 9.59 Å². The number of aromatic nitrogens is 3. The Morgan fingerprint density at radius 3 is 2.45 bits per heavy atom. The molecular weight excluding hydrogens is 412 g/mol. The van der Waals surface area contributed by atoms with E-state index in [0.29, 0.717) is 33.0 Å². The van der Waals surface area contributed by atoms with E-state index in [-0.39, 0.29) is 24.1 Å². The molecule has 9 heteroatoms. The number of nitrogens with one attached hydrogen (secondary N) is 1. The summed E-state index contributed by atoms with van der Waals surface area (Å²) in [5.41, 5.74) is 1.24. The maximum absolute atomic E-state index is 12.2. The van der Waals surface area contributed by atoms with Crippen molar-refractivity contribution in [2.45, 2.75) is 18.7 Å². The smallest absolute Gasteiger partial charge is 0.234 e. The minimum absolute atomic E-state index is 0.0171. The molecule has 1 aromatic heterocycles. The summed E-state index contributed by atoms with van der Waals surface area (Å²) in [6, 6.07) is 13.8. The molecule has 3 aromatic rings. The predicted octanol–water partition coefficient (Wildman–Crippen LogP) is 3.98. The van der Waals surface area contributed by atoms with Crippen molar-refractivity contribution in [1.82, 2.24) is 14.8 Å². The maximum atomic E-state index is 12.2. The summed E-state index contributed by atoms with van der Waals surface area (Å²) < 4.78 is 7.46. The highest BCUT2D eigenvalue weighted by Gasteiger charge is 2.12. The number of ketones is 1. The third-order valence-corrected chi connectivity index (χ3v) is 5.29. The number of benzene rings is 2. The van der Waals surface area contributed by atoms with Crippen LogP contribution in [0.1, 0.15) is 23.1 Å². The van der Waals surface area contributed by atoms with E-state index in [1.165, 1.54) is 18.7 Å². The van der Waals surface area contributed by atoms with Gasteiger partial charge < -0.3 is 14.6 Å². The zero-order valence-corrected chi connectivity index (χ0v) is 17.5. The summed E-state index contributed by atoms with van der Waals surface area (Å²) in [5, 5.41) is 12.3. The zero-order valence-electron chi connectivity index (χ0n) is 15.9. The lowest BCUT2D eigenvalue weighted by molar-refractivity contribution is -0.113. The first-order valence-corrected chi connectivity index (χ1v) is 10.1. The van der Waals surface area contributed by atoms with Crippen LogP contribution in [0.3, 0.4) is 0 Å². The number of rotatable bonds is 8. The third-order valence-electron chi connectivity index (χ3n) is 4.01. The SMILES string of the molecule is CC(=O)c1ccc(NC(=O)CSc2nnc(COc3ccc(Cl)cc3)n2C)cc1. The van der Waals surface area contributed by atoms with Gasteiger partial charge in [-0.1, -0.05) is 23.4 Å². The van der Waals surface area contributed by atoms with Crippen LogP contribution in [0.2, 0.25) is 5.02 Å². The monoisotopic (exact) mass is 430 g/mol. The van der Waals surface area contributed by atoms with E-state index < -0.39 is 0 Å². The van der Waals surface area contributed by atoms with E-state index in [2.05, 4.69) is 15.5 Å². The fraction of sp³-hybridized carbons (Fsp3) is 0.200.